The number of hydrogen-bond acceptors (Lipinski definition) is 4. The maximum absolute atomic E-state index is 12.9. The summed E-state index contributed by atoms with van der Waals surface area (Å²) in [5.74, 6) is -0.221. The van der Waals surface area contributed by atoms with Crippen LogP contribution in [0.3, 0.4) is 0 Å². The third-order valence-electron chi connectivity index (χ3n) is 2.07. The first-order valence-electron chi connectivity index (χ1n) is 4.90. The molecular formula is C11H5BrClFN2O3. The van der Waals surface area contributed by atoms with Crippen molar-refractivity contribution < 1.29 is 14.1 Å². The fourth-order valence-electron chi connectivity index (χ4n) is 1.29. The number of aromatic nitrogens is 1. The number of hydrogen-bond donors (Lipinski definition) is 0. The minimum atomic E-state index is -0.611. The average molecular weight is 348 g/mol. The topological polar surface area (TPSA) is 65.3 Å². The standard InChI is InChI=1S/C11H5BrClFN2O3/c12-8-3-6(14)1-2-9(8)19-11-5-7(16(17)18)4-10(13)15-11/h1-5H. The van der Waals surface area contributed by atoms with E-state index in [2.05, 4.69) is 20.9 Å². The number of rotatable bonds is 3. The van der Waals surface area contributed by atoms with Crippen molar-refractivity contribution in [3.05, 3.63) is 55.9 Å². The molecule has 0 unspecified atom stereocenters. The van der Waals surface area contributed by atoms with Gasteiger partial charge in [0.25, 0.3) is 5.69 Å². The van der Waals surface area contributed by atoms with Crippen LogP contribution in [-0.2, 0) is 0 Å². The van der Waals surface area contributed by atoms with E-state index in [1.165, 1.54) is 18.2 Å². The van der Waals surface area contributed by atoms with Crippen LogP contribution < -0.4 is 4.74 Å². The summed E-state index contributed by atoms with van der Waals surface area (Å²) in [6.07, 6.45) is 0. The van der Waals surface area contributed by atoms with Gasteiger partial charge >= 0.3 is 0 Å². The van der Waals surface area contributed by atoms with Gasteiger partial charge in [-0.15, -0.1) is 0 Å². The maximum atomic E-state index is 12.9. The van der Waals surface area contributed by atoms with Crippen LogP contribution in [0.15, 0.2) is 34.8 Å². The molecule has 0 spiro atoms. The summed E-state index contributed by atoms with van der Waals surface area (Å²) in [7, 11) is 0. The van der Waals surface area contributed by atoms with Crippen molar-refractivity contribution >= 4 is 33.2 Å². The van der Waals surface area contributed by atoms with Crippen LogP contribution in [0.25, 0.3) is 0 Å². The lowest BCUT2D eigenvalue weighted by atomic mass is 10.3. The van der Waals surface area contributed by atoms with Gasteiger partial charge in [-0.2, -0.15) is 0 Å². The Labute approximate surface area is 120 Å². The minimum Gasteiger partial charge on any atom is -0.438 e. The Morgan fingerprint density at radius 2 is 2.11 bits per heavy atom. The molecule has 5 nitrogen and oxygen atoms in total. The summed E-state index contributed by atoms with van der Waals surface area (Å²) in [5, 5.41) is 10.6. The minimum absolute atomic E-state index is 0.0495. The predicted molar refractivity (Wildman–Crippen MR) is 70.1 cm³/mol. The van der Waals surface area contributed by atoms with E-state index in [0.29, 0.717) is 4.47 Å². The van der Waals surface area contributed by atoms with E-state index in [4.69, 9.17) is 16.3 Å². The molecule has 0 aliphatic carbocycles. The summed E-state index contributed by atoms with van der Waals surface area (Å²) < 4.78 is 18.6. The van der Waals surface area contributed by atoms with Crippen LogP contribution in [0.1, 0.15) is 0 Å². The highest BCUT2D eigenvalue weighted by Gasteiger charge is 2.13. The quantitative estimate of drug-likeness (QED) is 0.471. The molecule has 2 aromatic rings. The molecule has 98 valence electrons. The fraction of sp³-hybridized carbons (Fsp3) is 0. The first kappa shape index (κ1) is 13.7. The van der Waals surface area contributed by atoms with Crippen molar-refractivity contribution in [1.29, 1.82) is 0 Å². The molecule has 19 heavy (non-hydrogen) atoms. The van der Waals surface area contributed by atoms with E-state index >= 15 is 0 Å². The Balaban J connectivity index is 2.35. The first-order chi connectivity index (χ1) is 8.95. The van der Waals surface area contributed by atoms with Crippen LogP contribution >= 0.6 is 27.5 Å². The van der Waals surface area contributed by atoms with Gasteiger partial charge in [-0.1, -0.05) is 11.6 Å². The molecular weight excluding hydrogens is 342 g/mol. The van der Waals surface area contributed by atoms with Gasteiger partial charge < -0.3 is 4.74 Å². The van der Waals surface area contributed by atoms with Gasteiger partial charge in [-0.05, 0) is 34.1 Å². The summed E-state index contributed by atoms with van der Waals surface area (Å²) in [4.78, 5) is 13.9. The second kappa shape index (κ2) is 5.50. The lowest BCUT2D eigenvalue weighted by Crippen LogP contribution is -1.93. The third kappa shape index (κ3) is 3.39. The number of benzene rings is 1. The van der Waals surface area contributed by atoms with Gasteiger partial charge in [0.05, 0.1) is 21.5 Å². The van der Waals surface area contributed by atoms with Gasteiger partial charge in [0, 0.05) is 0 Å². The van der Waals surface area contributed by atoms with Gasteiger partial charge in [-0.3, -0.25) is 10.1 Å². The van der Waals surface area contributed by atoms with Crippen LogP contribution in [0.2, 0.25) is 5.15 Å². The zero-order valence-electron chi connectivity index (χ0n) is 9.14. The molecule has 1 aromatic heterocycles. The Morgan fingerprint density at radius 1 is 1.37 bits per heavy atom. The van der Waals surface area contributed by atoms with Gasteiger partial charge in [0.15, 0.2) is 0 Å². The van der Waals surface area contributed by atoms with Crippen molar-refractivity contribution in [2.24, 2.45) is 0 Å². The number of nitrogens with zero attached hydrogens (tertiary/aromatic N) is 2. The van der Waals surface area contributed by atoms with Crippen molar-refractivity contribution in [1.82, 2.24) is 4.98 Å². The summed E-state index contributed by atoms with van der Waals surface area (Å²) in [5.41, 5.74) is -0.242. The van der Waals surface area contributed by atoms with E-state index in [-0.39, 0.29) is 22.5 Å². The molecule has 2 rings (SSSR count). The highest BCUT2D eigenvalue weighted by molar-refractivity contribution is 9.10. The number of ether oxygens (including phenoxy) is 1. The summed E-state index contributed by atoms with van der Waals surface area (Å²) in [6.45, 7) is 0. The molecule has 0 amide bonds. The smallest absolute Gasteiger partial charge is 0.277 e. The van der Waals surface area contributed by atoms with E-state index < -0.39 is 10.7 Å². The summed E-state index contributed by atoms with van der Waals surface area (Å²) in [6, 6.07) is 6.00. The molecule has 0 bridgehead atoms. The van der Waals surface area contributed by atoms with Gasteiger partial charge in [0.1, 0.15) is 16.7 Å². The third-order valence-corrected chi connectivity index (χ3v) is 2.89. The lowest BCUT2D eigenvalue weighted by molar-refractivity contribution is -0.385. The molecule has 0 atom stereocenters. The van der Waals surface area contributed by atoms with Crippen LogP contribution in [0.4, 0.5) is 10.1 Å². The van der Waals surface area contributed by atoms with Crippen LogP contribution in [0, 0.1) is 15.9 Å². The highest BCUT2D eigenvalue weighted by atomic mass is 79.9. The number of nitro groups is 1. The normalized spacial score (nSPS) is 10.3. The zero-order valence-corrected chi connectivity index (χ0v) is 11.5. The van der Waals surface area contributed by atoms with E-state index in [1.54, 1.807) is 0 Å². The average Bonchev–Trinajstić information content (AvgIpc) is 2.32. The molecule has 0 fully saturated rings. The second-order valence-electron chi connectivity index (χ2n) is 3.42. The SMILES string of the molecule is O=[N+]([O-])c1cc(Cl)nc(Oc2ccc(F)cc2Br)c1. The fourth-order valence-corrected chi connectivity index (χ4v) is 1.92. The zero-order chi connectivity index (χ0) is 14.0. The largest absolute Gasteiger partial charge is 0.438 e. The molecule has 8 heteroatoms. The van der Waals surface area contributed by atoms with Crippen molar-refractivity contribution in [2.75, 3.05) is 0 Å². The Morgan fingerprint density at radius 3 is 2.74 bits per heavy atom. The van der Waals surface area contributed by atoms with Gasteiger partial charge in [0.2, 0.25) is 5.88 Å². The molecule has 0 aliphatic rings. The van der Waals surface area contributed by atoms with Crippen LogP contribution in [-0.4, -0.2) is 9.91 Å². The maximum Gasteiger partial charge on any atom is 0.277 e. The lowest BCUT2D eigenvalue weighted by Gasteiger charge is -2.06. The van der Waals surface area contributed by atoms with Crippen molar-refractivity contribution in [2.45, 2.75) is 0 Å². The van der Waals surface area contributed by atoms with Crippen LogP contribution in [0.5, 0.6) is 11.6 Å². The highest BCUT2D eigenvalue weighted by Crippen LogP contribution is 2.31. The first-order valence-corrected chi connectivity index (χ1v) is 6.07. The monoisotopic (exact) mass is 346 g/mol. The molecule has 0 saturated carbocycles. The molecule has 0 aliphatic heterocycles. The van der Waals surface area contributed by atoms with Crippen molar-refractivity contribution in [3.63, 3.8) is 0 Å². The van der Waals surface area contributed by atoms with E-state index in [0.717, 1.165) is 12.1 Å². The second-order valence-corrected chi connectivity index (χ2v) is 4.66. The molecule has 1 aromatic carbocycles. The predicted octanol–water partition coefficient (Wildman–Crippen LogP) is 4.34. The van der Waals surface area contributed by atoms with E-state index in [1.807, 2.05) is 0 Å². The molecule has 0 saturated heterocycles. The molecule has 1 heterocycles. The Bertz CT molecular complexity index is 654. The molecule has 0 radical (unpaired) electrons. The van der Waals surface area contributed by atoms with Crippen molar-refractivity contribution in [3.8, 4) is 11.6 Å². The van der Waals surface area contributed by atoms with Gasteiger partial charge in [-0.25, -0.2) is 9.37 Å². The Kier molecular flexibility index (Phi) is 3.96. The Hall–Kier alpha value is -1.73. The van der Waals surface area contributed by atoms with E-state index in [9.17, 15) is 14.5 Å². The summed E-state index contributed by atoms with van der Waals surface area (Å²) >= 11 is 8.77. The molecule has 0 N–H and O–H groups in total. The number of pyridine rings is 1. The number of halogens is 3.